The molecule has 0 radical (unpaired) electrons. The molecule has 3 nitrogen and oxygen atoms in total. The average molecular weight is 529 g/mol. The SMILES string of the molecule is CC1(C)[C@H]2CC[C@@]1(C)[C@@H]1O[C@H](O[C@H](c3ccccc3C(F)(F)F)[C@@H](O)c3ccccc3C(F)(F)F)C[C@H]12. The van der Waals surface area contributed by atoms with Crippen molar-refractivity contribution in [2.24, 2.45) is 22.7 Å². The van der Waals surface area contributed by atoms with Gasteiger partial charge in [-0.05, 0) is 58.8 Å². The maximum absolute atomic E-state index is 13.9. The summed E-state index contributed by atoms with van der Waals surface area (Å²) in [5.74, 6) is 0.491. The minimum Gasteiger partial charge on any atom is -0.385 e. The van der Waals surface area contributed by atoms with Crippen LogP contribution < -0.4 is 0 Å². The molecular formula is C28H30F6O3. The molecule has 1 N–H and O–H groups in total. The van der Waals surface area contributed by atoms with Crippen molar-refractivity contribution in [3.05, 3.63) is 70.8 Å². The van der Waals surface area contributed by atoms with E-state index in [4.69, 9.17) is 9.47 Å². The number of halogens is 6. The molecule has 0 unspecified atom stereocenters. The second-order valence-electron chi connectivity index (χ2n) is 11.3. The van der Waals surface area contributed by atoms with Gasteiger partial charge in [0.05, 0.1) is 17.2 Å². The Morgan fingerprint density at radius 2 is 1.43 bits per heavy atom. The monoisotopic (exact) mass is 528 g/mol. The van der Waals surface area contributed by atoms with Crippen LogP contribution in [-0.4, -0.2) is 17.5 Å². The molecule has 9 heteroatoms. The highest BCUT2D eigenvalue weighted by molar-refractivity contribution is 5.37. The second-order valence-corrected chi connectivity index (χ2v) is 11.3. The summed E-state index contributed by atoms with van der Waals surface area (Å²) in [6.07, 6.45) is -12.1. The van der Waals surface area contributed by atoms with E-state index in [0.29, 0.717) is 12.3 Å². The molecular weight excluding hydrogens is 498 g/mol. The normalized spacial score (nSPS) is 32.4. The van der Waals surface area contributed by atoms with Crippen LogP contribution in [0.5, 0.6) is 0 Å². The summed E-state index contributed by atoms with van der Waals surface area (Å²) in [5.41, 5.74) is -3.30. The van der Waals surface area contributed by atoms with E-state index in [9.17, 15) is 31.4 Å². The number of hydrogen-bond donors (Lipinski definition) is 1. The Bertz CT molecular complexity index is 1160. The number of ether oxygens (including phenoxy) is 2. The van der Waals surface area contributed by atoms with Crippen molar-refractivity contribution in [2.45, 2.75) is 77.0 Å². The molecule has 1 saturated heterocycles. The molecule has 0 spiro atoms. The van der Waals surface area contributed by atoms with Gasteiger partial charge in [-0.15, -0.1) is 0 Å². The Morgan fingerprint density at radius 1 is 0.892 bits per heavy atom. The summed E-state index contributed by atoms with van der Waals surface area (Å²) in [7, 11) is 0. The van der Waals surface area contributed by atoms with Crippen molar-refractivity contribution in [3.63, 3.8) is 0 Å². The summed E-state index contributed by atoms with van der Waals surface area (Å²) in [5, 5.41) is 11.2. The molecule has 2 aromatic rings. The van der Waals surface area contributed by atoms with Crippen LogP contribution in [-0.2, 0) is 21.8 Å². The van der Waals surface area contributed by atoms with Gasteiger partial charge in [-0.1, -0.05) is 57.2 Å². The number of fused-ring (bicyclic) bond motifs is 5. The molecule has 1 aliphatic heterocycles. The Morgan fingerprint density at radius 3 is 2.00 bits per heavy atom. The zero-order valence-electron chi connectivity index (χ0n) is 20.7. The van der Waals surface area contributed by atoms with Crippen molar-refractivity contribution >= 4 is 0 Å². The van der Waals surface area contributed by atoms with Crippen LogP contribution in [0.3, 0.4) is 0 Å². The molecule has 3 aliphatic rings. The minimum absolute atomic E-state index is 0.0285. The van der Waals surface area contributed by atoms with Gasteiger partial charge in [0.25, 0.3) is 0 Å². The summed E-state index contributed by atoms with van der Waals surface area (Å²) in [4.78, 5) is 0. The smallest absolute Gasteiger partial charge is 0.385 e. The lowest BCUT2D eigenvalue weighted by atomic mass is 9.70. The summed E-state index contributed by atoms with van der Waals surface area (Å²) in [6.45, 7) is 6.58. The maximum Gasteiger partial charge on any atom is 0.416 e. The molecule has 2 aliphatic carbocycles. The van der Waals surface area contributed by atoms with Crippen LogP contribution in [0.1, 0.15) is 74.5 Å². The van der Waals surface area contributed by atoms with Crippen LogP contribution in [0.2, 0.25) is 0 Å². The third-order valence-electron chi connectivity index (χ3n) is 9.41. The predicted molar refractivity (Wildman–Crippen MR) is 123 cm³/mol. The first-order chi connectivity index (χ1) is 17.2. The zero-order chi connectivity index (χ0) is 27.0. The van der Waals surface area contributed by atoms with Gasteiger partial charge in [0.2, 0.25) is 0 Å². The number of alkyl halides is 6. The predicted octanol–water partition coefficient (Wildman–Crippen LogP) is 7.70. The van der Waals surface area contributed by atoms with Crippen molar-refractivity contribution in [1.82, 2.24) is 0 Å². The molecule has 2 saturated carbocycles. The third kappa shape index (κ3) is 4.17. The van der Waals surface area contributed by atoms with Gasteiger partial charge in [-0.25, -0.2) is 0 Å². The van der Waals surface area contributed by atoms with Gasteiger partial charge in [-0.2, -0.15) is 26.3 Å². The Balaban J connectivity index is 1.52. The summed E-state index contributed by atoms with van der Waals surface area (Å²) >= 11 is 0. The Kier molecular flexibility index (Phi) is 6.24. The van der Waals surface area contributed by atoms with E-state index in [2.05, 4.69) is 20.8 Å². The van der Waals surface area contributed by atoms with E-state index in [1.165, 1.54) is 18.2 Å². The van der Waals surface area contributed by atoms with Crippen LogP contribution in [0, 0.1) is 22.7 Å². The Labute approximate surface area is 211 Å². The van der Waals surface area contributed by atoms with Crippen LogP contribution in [0.25, 0.3) is 0 Å². The first kappa shape index (κ1) is 26.5. The Hall–Kier alpha value is -2.10. The highest BCUT2D eigenvalue weighted by atomic mass is 19.4. The number of aliphatic hydroxyl groups excluding tert-OH is 1. The average Bonchev–Trinajstić information content (AvgIpc) is 3.39. The van der Waals surface area contributed by atoms with Gasteiger partial charge in [0, 0.05) is 6.42 Å². The molecule has 2 bridgehead atoms. The third-order valence-corrected chi connectivity index (χ3v) is 9.41. The molecule has 0 aromatic heterocycles. The molecule has 5 rings (SSSR count). The van der Waals surface area contributed by atoms with E-state index in [1.54, 1.807) is 0 Å². The minimum atomic E-state index is -4.81. The lowest BCUT2D eigenvalue weighted by Crippen LogP contribution is -2.38. The molecule has 1 heterocycles. The molecule has 37 heavy (non-hydrogen) atoms. The fraction of sp³-hybridized carbons (Fsp3) is 0.571. The van der Waals surface area contributed by atoms with Gasteiger partial charge in [-0.3, -0.25) is 0 Å². The first-order valence-corrected chi connectivity index (χ1v) is 12.5. The van der Waals surface area contributed by atoms with Crippen molar-refractivity contribution in [3.8, 4) is 0 Å². The number of hydrogen-bond acceptors (Lipinski definition) is 3. The fourth-order valence-corrected chi connectivity index (χ4v) is 7.23. The van der Waals surface area contributed by atoms with Gasteiger partial charge in [0.15, 0.2) is 6.29 Å². The number of benzene rings is 2. The van der Waals surface area contributed by atoms with E-state index in [0.717, 1.165) is 43.2 Å². The van der Waals surface area contributed by atoms with E-state index in [-0.39, 0.29) is 22.9 Å². The standard InChI is InChI=1S/C28H30F6O3/c1-25(2)18-12-13-26(25,3)24-17(18)14-21(37-24)36-23(16-9-5-7-11-20(16)28(32,33)34)22(35)15-8-4-6-10-19(15)27(29,30)31/h4-11,17-18,21-24,35H,12-14H2,1-3H3/t17-,18-,21-,22-,23+,24+,26-/m0/s1. The summed E-state index contributed by atoms with van der Waals surface area (Å²) in [6, 6.07) is 8.83. The maximum atomic E-state index is 13.9. The van der Waals surface area contributed by atoms with E-state index in [1.807, 2.05) is 0 Å². The quantitative estimate of drug-likeness (QED) is 0.404. The molecule has 7 atom stereocenters. The summed E-state index contributed by atoms with van der Waals surface area (Å²) < 4.78 is 95.4. The van der Waals surface area contributed by atoms with Crippen molar-refractivity contribution in [1.29, 1.82) is 0 Å². The lowest BCUT2D eigenvalue weighted by molar-refractivity contribution is -0.208. The fourth-order valence-electron chi connectivity index (χ4n) is 7.23. The largest absolute Gasteiger partial charge is 0.416 e. The molecule has 202 valence electrons. The zero-order valence-corrected chi connectivity index (χ0v) is 20.7. The van der Waals surface area contributed by atoms with Crippen molar-refractivity contribution in [2.75, 3.05) is 0 Å². The second kappa shape index (κ2) is 8.71. The van der Waals surface area contributed by atoms with Gasteiger partial charge >= 0.3 is 12.4 Å². The topological polar surface area (TPSA) is 38.7 Å². The molecule has 2 aromatic carbocycles. The van der Waals surface area contributed by atoms with Crippen LogP contribution in [0.15, 0.2) is 48.5 Å². The molecule has 3 fully saturated rings. The van der Waals surface area contributed by atoms with Gasteiger partial charge in [0.1, 0.15) is 12.2 Å². The van der Waals surface area contributed by atoms with E-state index < -0.39 is 53.1 Å². The highest BCUT2D eigenvalue weighted by Gasteiger charge is 2.69. The van der Waals surface area contributed by atoms with Crippen LogP contribution >= 0.6 is 0 Å². The molecule has 0 amide bonds. The lowest BCUT2D eigenvalue weighted by Gasteiger charge is -2.39. The van der Waals surface area contributed by atoms with E-state index >= 15 is 0 Å². The number of aliphatic hydroxyl groups is 1. The highest BCUT2D eigenvalue weighted by Crippen LogP contribution is 2.71. The van der Waals surface area contributed by atoms with Crippen LogP contribution in [0.4, 0.5) is 26.3 Å². The van der Waals surface area contributed by atoms with Gasteiger partial charge < -0.3 is 14.6 Å². The van der Waals surface area contributed by atoms with Crippen molar-refractivity contribution < 1.29 is 40.9 Å². The first-order valence-electron chi connectivity index (χ1n) is 12.5. The number of rotatable bonds is 5.